The number of rotatable bonds is 6. The van der Waals surface area contributed by atoms with Crippen molar-refractivity contribution in [2.75, 3.05) is 0 Å². The molecule has 100 valence electrons. The molecule has 0 spiro atoms. The third kappa shape index (κ3) is 3.29. The first-order chi connectivity index (χ1) is 9.33. The van der Waals surface area contributed by atoms with Crippen LogP contribution in [0.2, 0.25) is 0 Å². The maximum absolute atomic E-state index is 5.58. The summed E-state index contributed by atoms with van der Waals surface area (Å²) in [5.41, 5.74) is 0.934. The molecule has 6 heteroatoms. The van der Waals surface area contributed by atoms with E-state index in [-0.39, 0.29) is 0 Å². The van der Waals surface area contributed by atoms with Crippen LogP contribution in [0.5, 0.6) is 11.6 Å². The molecular formula is C13H17N5O. The van der Waals surface area contributed by atoms with Gasteiger partial charge in [-0.25, -0.2) is 4.98 Å². The number of hydrogen-bond donors (Lipinski definition) is 1. The highest BCUT2D eigenvalue weighted by Crippen LogP contribution is 2.20. The molecule has 0 saturated heterocycles. The van der Waals surface area contributed by atoms with Gasteiger partial charge in [0.25, 0.3) is 0 Å². The van der Waals surface area contributed by atoms with Crippen LogP contribution in [-0.2, 0) is 13.1 Å². The number of nitrogens with one attached hydrogen (secondary N) is 1. The first-order valence-electron chi connectivity index (χ1n) is 6.58. The van der Waals surface area contributed by atoms with Crippen molar-refractivity contribution in [2.45, 2.75) is 38.9 Å². The predicted octanol–water partition coefficient (Wildman–Crippen LogP) is 1.74. The SMILES string of the molecule is CCn1cc(Oc2cnc(CNC3CC3)cn2)cn1. The average molecular weight is 259 g/mol. The van der Waals surface area contributed by atoms with Gasteiger partial charge in [-0.1, -0.05) is 0 Å². The first kappa shape index (κ1) is 12.1. The Balaban J connectivity index is 1.58. The molecule has 0 aromatic carbocycles. The van der Waals surface area contributed by atoms with Crippen LogP contribution >= 0.6 is 0 Å². The molecule has 2 heterocycles. The van der Waals surface area contributed by atoms with Crippen LogP contribution in [0, 0.1) is 0 Å². The van der Waals surface area contributed by atoms with Crippen molar-refractivity contribution in [3.8, 4) is 11.6 Å². The highest BCUT2D eigenvalue weighted by Gasteiger charge is 2.20. The van der Waals surface area contributed by atoms with Gasteiger partial charge in [-0.05, 0) is 19.8 Å². The number of hydrogen-bond acceptors (Lipinski definition) is 5. The summed E-state index contributed by atoms with van der Waals surface area (Å²) in [7, 11) is 0. The van der Waals surface area contributed by atoms with Crippen LogP contribution in [0.25, 0.3) is 0 Å². The topological polar surface area (TPSA) is 64.9 Å². The van der Waals surface area contributed by atoms with Crippen molar-refractivity contribution in [1.82, 2.24) is 25.1 Å². The Labute approximate surface area is 111 Å². The number of aromatic nitrogens is 4. The van der Waals surface area contributed by atoms with E-state index in [9.17, 15) is 0 Å². The molecule has 1 N–H and O–H groups in total. The van der Waals surface area contributed by atoms with E-state index in [4.69, 9.17) is 4.74 Å². The third-order valence-corrected chi connectivity index (χ3v) is 2.99. The van der Waals surface area contributed by atoms with Gasteiger partial charge in [-0.3, -0.25) is 9.67 Å². The molecule has 1 fully saturated rings. The first-order valence-corrected chi connectivity index (χ1v) is 6.58. The third-order valence-electron chi connectivity index (χ3n) is 2.99. The molecule has 0 radical (unpaired) electrons. The lowest BCUT2D eigenvalue weighted by molar-refractivity contribution is 0.457. The fraction of sp³-hybridized carbons (Fsp3) is 0.462. The molecule has 2 aromatic heterocycles. The van der Waals surface area contributed by atoms with Crippen molar-refractivity contribution < 1.29 is 4.74 Å². The Kier molecular flexibility index (Phi) is 3.41. The fourth-order valence-electron chi connectivity index (χ4n) is 1.71. The molecule has 19 heavy (non-hydrogen) atoms. The molecule has 1 saturated carbocycles. The second-order valence-electron chi connectivity index (χ2n) is 4.63. The van der Waals surface area contributed by atoms with Crippen LogP contribution < -0.4 is 10.1 Å². The van der Waals surface area contributed by atoms with Crippen molar-refractivity contribution in [2.24, 2.45) is 0 Å². The van der Waals surface area contributed by atoms with Crippen molar-refractivity contribution >= 4 is 0 Å². The zero-order valence-electron chi connectivity index (χ0n) is 10.9. The average Bonchev–Trinajstić information content (AvgIpc) is 3.17. The molecule has 1 aliphatic rings. The minimum absolute atomic E-state index is 0.492. The van der Waals surface area contributed by atoms with E-state index in [1.54, 1.807) is 23.3 Å². The molecule has 0 aliphatic heterocycles. The second kappa shape index (κ2) is 5.36. The monoisotopic (exact) mass is 259 g/mol. The summed E-state index contributed by atoms with van der Waals surface area (Å²) in [6, 6.07) is 0.678. The maximum atomic E-state index is 5.58. The minimum Gasteiger partial charge on any atom is -0.434 e. The number of ether oxygens (including phenoxy) is 1. The van der Waals surface area contributed by atoms with Gasteiger partial charge in [0.15, 0.2) is 5.75 Å². The summed E-state index contributed by atoms with van der Waals surface area (Å²) in [4.78, 5) is 8.57. The fourth-order valence-corrected chi connectivity index (χ4v) is 1.71. The van der Waals surface area contributed by atoms with E-state index >= 15 is 0 Å². The van der Waals surface area contributed by atoms with E-state index in [0.29, 0.717) is 17.7 Å². The smallest absolute Gasteiger partial charge is 0.238 e. The Morgan fingerprint density at radius 2 is 2.21 bits per heavy atom. The number of nitrogens with zero attached hydrogens (tertiary/aromatic N) is 4. The van der Waals surface area contributed by atoms with Crippen molar-refractivity contribution in [1.29, 1.82) is 0 Å². The highest BCUT2D eigenvalue weighted by atomic mass is 16.5. The lowest BCUT2D eigenvalue weighted by atomic mass is 10.4. The highest BCUT2D eigenvalue weighted by molar-refractivity contribution is 5.19. The summed E-state index contributed by atoms with van der Waals surface area (Å²) in [5, 5.41) is 7.53. The van der Waals surface area contributed by atoms with Crippen LogP contribution in [0.4, 0.5) is 0 Å². The Hall–Kier alpha value is -1.95. The van der Waals surface area contributed by atoms with Crippen LogP contribution in [0.3, 0.4) is 0 Å². The standard InChI is InChI=1S/C13H17N5O/c1-2-18-9-12(7-17-18)19-13-8-15-11(6-16-13)5-14-10-3-4-10/h6-10,14H,2-5H2,1H3. The molecule has 3 rings (SSSR count). The molecule has 0 atom stereocenters. The van der Waals surface area contributed by atoms with E-state index in [2.05, 4.69) is 20.4 Å². The van der Waals surface area contributed by atoms with Crippen LogP contribution in [0.1, 0.15) is 25.5 Å². The largest absolute Gasteiger partial charge is 0.434 e. The van der Waals surface area contributed by atoms with E-state index in [1.807, 2.05) is 13.1 Å². The Morgan fingerprint density at radius 1 is 1.32 bits per heavy atom. The van der Waals surface area contributed by atoms with E-state index in [1.165, 1.54) is 12.8 Å². The molecule has 6 nitrogen and oxygen atoms in total. The molecule has 0 unspecified atom stereocenters. The predicted molar refractivity (Wildman–Crippen MR) is 69.9 cm³/mol. The normalized spacial score (nSPS) is 14.6. The maximum Gasteiger partial charge on any atom is 0.238 e. The summed E-state index contributed by atoms with van der Waals surface area (Å²) < 4.78 is 7.38. The Bertz CT molecular complexity index is 532. The summed E-state index contributed by atoms with van der Waals surface area (Å²) in [5.74, 6) is 1.17. The zero-order chi connectivity index (χ0) is 13.1. The molecule has 0 bridgehead atoms. The van der Waals surface area contributed by atoms with Gasteiger partial charge in [0.2, 0.25) is 5.88 Å². The van der Waals surface area contributed by atoms with Crippen LogP contribution in [0.15, 0.2) is 24.8 Å². The van der Waals surface area contributed by atoms with Gasteiger partial charge in [-0.15, -0.1) is 0 Å². The number of aryl methyl sites for hydroxylation is 1. The summed E-state index contributed by atoms with van der Waals surface area (Å²) in [6.45, 7) is 3.62. The summed E-state index contributed by atoms with van der Waals surface area (Å²) >= 11 is 0. The second-order valence-corrected chi connectivity index (χ2v) is 4.63. The van der Waals surface area contributed by atoms with Crippen LogP contribution in [-0.4, -0.2) is 25.8 Å². The van der Waals surface area contributed by atoms with E-state index in [0.717, 1.165) is 18.8 Å². The van der Waals surface area contributed by atoms with Gasteiger partial charge in [0.05, 0.1) is 30.5 Å². The van der Waals surface area contributed by atoms with E-state index < -0.39 is 0 Å². The lowest BCUT2D eigenvalue weighted by Gasteiger charge is -2.04. The summed E-state index contributed by atoms with van der Waals surface area (Å²) in [6.07, 6.45) is 9.45. The molecular weight excluding hydrogens is 242 g/mol. The lowest BCUT2D eigenvalue weighted by Crippen LogP contribution is -2.16. The van der Waals surface area contributed by atoms with Gasteiger partial charge >= 0.3 is 0 Å². The van der Waals surface area contributed by atoms with Gasteiger partial charge in [0, 0.05) is 19.1 Å². The van der Waals surface area contributed by atoms with Gasteiger partial charge in [-0.2, -0.15) is 5.10 Å². The molecule has 0 amide bonds. The quantitative estimate of drug-likeness (QED) is 0.856. The zero-order valence-corrected chi connectivity index (χ0v) is 10.9. The molecule has 2 aromatic rings. The van der Waals surface area contributed by atoms with Crippen molar-refractivity contribution in [3.05, 3.63) is 30.5 Å². The minimum atomic E-state index is 0.492. The van der Waals surface area contributed by atoms with Crippen molar-refractivity contribution in [3.63, 3.8) is 0 Å². The Morgan fingerprint density at radius 3 is 2.84 bits per heavy atom. The molecule has 1 aliphatic carbocycles. The van der Waals surface area contributed by atoms with Gasteiger partial charge in [0.1, 0.15) is 0 Å². The van der Waals surface area contributed by atoms with Gasteiger partial charge < -0.3 is 10.1 Å².